The maximum atomic E-state index is 13.8. The van der Waals surface area contributed by atoms with Crippen LogP contribution in [-0.4, -0.2) is 45.3 Å². The third-order valence-corrected chi connectivity index (χ3v) is 4.46. The van der Waals surface area contributed by atoms with Crippen molar-refractivity contribution >= 4 is 29.9 Å². The molecule has 158 valence electrons. The summed E-state index contributed by atoms with van der Waals surface area (Å²) in [6.07, 6.45) is 0. The van der Waals surface area contributed by atoms with Gasteiger partial charge in [0.05, 0.1) is 6.61 Å². The normalized spacial score (nSPS) is 12.9. The van der Waals surface area contributed by atoms with Crippen molar-refractivity contribution in [2.45, 2.75) is 19.7 Å². The standard InChI is InChI=1S/C21H26FN3O3.HI/c1-23-21(24-12-15-4-6-18(22)17(10-15)14-26-3)25(2)13-16-5-7-19-20(11-16)28-9-8-27-19;/h4-7,10-11H,8-9,12-14H2,1-3H3,(H,23,24);1H. The molecule has 3 rings (SSSR count). The van der Waals surface area contributed by atoms with Crippen LogP contribution in [0.4, 0.5) is 4.39 Å². The second kappa shape index (κ2) is 11.2. The maximum absolute atomic E-state index is 13.8. The smallest absolute Gasteiger partial charge is 0.193 e. The molecule has 0 saturated heterocycles. The molecule has 8 heteroatoms. The van der Waals surface area contributed by atoms with Crippen LogP contribution in [0, 0.1) is 5.82 Å². The Morgan fingerprint density at radius 2 is 1.86 bits per heavy atom. The third-order valence-electron chi connectivity index (χ3n) is 4.46. The van der Waals surface area contributed by atoms with Crippen LogP contribution >= 0.6 is 24.0 Å². The molecule has 0 amide bonds. The maximum Gasteiger partial charge on any atom is 0.193 e. The molecule has 0 fully saturated rings. The molecule has 2 aromatic rings. The molecule has 0 aromatic heterocycles. The molecular formula is C21H27FIN3O3. The molecule has 0 spiro atoms. The van der Waals surface area contributed by atoms with Gasteiger partial charge in [-0.05, 0) is 35.4 Å². The van der Waals surface area contributed by atoms with Crippen molar-refractivity contribution in [2.24, 2.45) is 4.99 Å². The van der Waals surface area contributed by atoms with Gasteiger partial charge in [0.25, 0.3) is 0 Å². The number of benzene rings is 2. The molecule has 1 heterocycles. The van der Waals surface area contributed by atoms with E-state index in [0.29, 0.717) is 31.9 Å². The largest absolute Gasteiger partial charge is 0.486 e. The molecule has 29 heavy (non-hydrogen) atoms. The Balaban J connectivity index is 0.00000300. The van der Waals surface area contributed by atoms with Gasteiger partial charge >= 0.3 is 0 Å². The van der Waals surface area contributed by atoms with Crippen molar-refractivity contribution in [1.82, 2.24) is 10.2 Å². The van der Waals surface area contributed by atoms with E-state index in [1.54, 1.807) is 26.3 Å². The summed E-state index contributed by atoms with van der Waals surface area (Å²) in [6.45, 7) is 2.60. The molecule has 1 N–H and O–H groups in total. The summed E-state index contributed by atoms with van der Waals surface area (Å²) in [7, 11) is 5.26. The molecular weight excluding hydrogens is 488 g/mol. The lowest BCUT2D eigenvalue weighted by molar-refractivity contribution is 0.171. The number of rotatable bonds is 6. The highest BCUT2D eigenvalue weighted by Crippen LogP contribution is 2.31. The van der Waals surface area contributed by atoms with Crippen molar-refractivity contribution in [3.63, 3.8) is 0 Å². The molecule has 6 nitrogen and oxygen atoms in total. The first-order valence-electron chi connectivity index (χ1n) is 9.17. The lowest BCUT2D eigenvalue weighted by Gasteiger charge is -2.24. The first-order chi connectivity index (χ1) is 13.6. The van der Waals surface area contributed by atoms with E-state index in [1.165, 1.54) is 6.07 Å². The second-order valence-electron chi connectivity index (χ2n) is 6.59. The summed E-state index contributed by atoms with van der Waals surface area (Å²) in [5.74, 6) is 2.04. The second-order valence-corrected chi connectivity index (χ2v) is 6.59. The lowest BCUT2D eigenvalue weighted by Crippen LogP contribution is -2.38. The van der Waals surface area contributed by atoms with Crippen LogP contribution in [0.3, 0.4) is 0 Å². The highest BCUT2D eigenvalue weighted by atomic mass is 127. The van der Waals surface area contributed by atoms with E-state index in [0.717, 1.165) is 28.6 Å². The van der Waals surface area contributed by atoms with Gasteiger partial charge in [-0.3, -0.25) is 4.99 Å². The van der Waals surface area contributed by atoms with Gasteiger partial charge in [-0.2, -0.15) is 0 Å². The van der Waals surface area contributed by atoms with E-state index >= 15 is 0 Å². The van der Waals surface area contributed by atoms with Gasteiger partial charge in [0.15, 0.2) is 17.5 Å². The summed E-state index contributed by atoms with van der Waals surface area (Å²) in [4.78, 5) is 6.36. The van der Waals surface area contributed by atoms with Crippen LogP contribution in [0.2, 0.25) is 0 Å². The van der Waals surface area contributed by atoms with Crippen LogP contribution in [0.1, 0.15) is 16.7 Å². The molecule has 0 saturated carbocycles. The van der Waals surface area contributed by atoms with Crippen LogP contribution in [0.15, 0.2) is 41.4 Å². The van der Waals surface area contributed by atoms with Crippen LogP contribution in [0.25, 0.3) is 0 Å². The fourth-order valence-electron chi connectivity index (χ4n) is 3.10. The number of hydrogen-bond acceptors (Lipinski definition) is 4. The number of nitrogens with one attached hydrogen (secondary N) is 1. The van der Waals surface area contributed by atoms with Gasteiger partial charge < -0.3 is 24.4 Å². The zero-order valence-electron chi connectivity index (χ0n) is 16.9. The highest BCUT2D eigenvalue weighted by molar-refractivity contribution is 14.0. The van der Waals surface area contributed by atoms with E-state index in [9.17, 15) is 4.39 Å². The summed E-state index contributed by atoms with van der Waals surface area (Å²) < 4.78 is 30.0. The zero-order valence-corrected chi connectivity index (χ0v) is 19.2. The predicted molar refractivity (Wildman–Crippen MR) is 122 cm³/mol. The molecule has 0 unspecified atom stereocenters. The van der Waals surface area contributed by atoms with E-state index in [4.69, 9.17) is 14.2 Å². The van der Waals surface area contributed by atoms with Crippen molar-refractivity contribution < 1.29 is 18.6 Å². The number of guanidine groups is 1. The molecule has 2 aromatic carbocycles. The van der Waals surface area contributed by atoms with E-state index in [-0.39, 0.29) is 36.4 Å². The average molecular weight is 515 g/mol. The number of aliphatic imine (C=N–C) groups is 1. The lowest BCUT2D eigenvalue weighted by atomic mass is 10.1. The van der Waals surface area contributed by atoms with Crippen LogP contribution < -0.4 is 14.8 Å². The number of hydrogen-bond donors (Lipinski definition) is 1. The minimum absolute atomic E-state index is 0. The Morgan fingerprint density at radius 3 is 2.59 bits per heavy atom. The Kier molecular flexibility index (Phi) is 8.97. The molecule has 0 aliphatic carbocycles. The molecule has 1 aliphatic rings. The monoisotopic (exact) mass is 515 g/mol. The van der Waals surface area contributed by atoms with Crippen LogP contribution in [0.5, 0.6) is 11.5 Å². The first-order valence-corrected chi connectivity index (χ1v) is 9.17. The average Bonchev–Trinajstić information content (AvgIpc) is 2.71. The SMILES string of the molecule is CN=C(NCc1ccc(F)c(COC)c1)N(C)Cc1ccc2c(c1)OCCO2.I. The number of ether oxygens (including phenoxy) is 3. The minimum atomic E-state index is -0.259. The van der Waals surface area contributed by atoms with Gasteiger partial charge in [-0.25, -0.2) is 4.39 Å². The number of nitrogens with zero attached hydrogens (tertiary/aromatic N) is 2. The zero-order chi connectivity index (χ0) is 19.9. The van der Waals surface area contributed by atoms with Crippen molar-refractivity contribution in [2.75, 3.05) is 34.4 Å². The van der Waals surface area contributed by atoms with Gasteiger partial charge in [0.2, 0.25) is 0 Å². The fraction of sp³-hybridized carbons (Fsp3) is 0.381. The van der Waals surface area contributed by atoms with Crippen molar-refractivity contribution in [3.05, 3.63) is 58.9 Å². The Labute approximate surface area is 188 Å². The third kappa shape index (κ3) is 6.20. The summed E-state index contributed by atoms with van der Waals surface area (Å²) in [5.41, 5.74) is 2.60. The van der Waals surface area contributed by atoms with E-state index in [1.807, 2.05) is 30.1 Å². The van der Waals surface area contributed by atoms with E-state index < -0.39 is 0 Å². The fourth-order valence-corrected chi connectivity index (χ4v) is 3.10. The Hall–Kier alpha value is -2.07. The number of halogens is 2. The number of methoxy groups -OCH3 is 1. The van der Waals surface area contributed by atoms with Crippen molar-refractivity contribution in [1.29, 1.82) is 0 Å². The summed E-state index contributed by atoms with van der Waals surface area (Å²) in [6, 6.07) is 11.0. The Morgan fingerprint density at radius 1 is 1.14 bits per heavy atom. The van der Waals surface area contributed by atoms with Gasteiger partial charge in [0.1, 0.15) is 19.0 Å². The topological polar surface area (TPSA) is 55.3 Å². The van der Waals surface area contributed by atoms with Gasteiger partial charge in [-0.15, -0.1) is 24.0 Å². The minimum Gasteiger partial charge on any atom is -0.486 e. The summed E-state index contributed by atoms with van der Waals surface area (Å²) >= 11 is 0. The molecule has 1 aliphatic heterocycles. The quantitative estimate of drug-likeness (QED) is 0.363. The Bertz CT molecular complexity index is 848. The van der Waals surface area contributed by atoms with Crippen molar-refractivity contribution in [3.8, 4) is 11.5 Å². The number of fused-ring (bicyclic) bond motifs is 1. The summed E-state index contributed by atoms with van der Waals surface area (Å²) in [5, 5.41) is 3.31. The van der Waals surface area contributed by atoms with Gasteiger partial charge in [-0.1, -0.05) is 12.1 Å². The van der Waals surface area contributed by atoms with Gasteiger partial charge in [0, 0.05) is 39.9 Å². The molecule has 0 radical (unpaired) electrons. The predicted octanol–water partition coefficient (Wildman–Crippen LogP) is 3.57. The van der Waals surface area contributed by atoms with Crippen LogP contribution in [-0.2, 0) is 24.4 Å². The highest BCUT2D eigenvalue weighted by Gasteiger charge is 2.14. The molecule has 0 bridgehead atoms. The first kappa shape index (κ1) is 23.2. The van der Waals surface area contributed by atoms with E-state index in [2.05, 4.69) is 10.3 Å². The molecule has 0 atom stereocenters.